The van der Waals surface area contributed by atoms with Crippen molar-refractivity contribution in [3.8, 4) is 0 Å². The van der Waals surface area contributed by atoms with Crippen molar-refractivity contribution in [2.45, 2.75) is 45.9 Å². The molecule has 1 rings (SSSR count). The number of hydrogen-bond donors (Lipinski definition) is 1. The van der Waals surface area contributed by atoms with Crippen molar-refractivity contribution < 1.29 is 9.47 Å². The van der Waals surface area contributed by atoms with Gasteiger partial charge in [0.25, 0.3) is 0 Å². The van der Waals surface area contributed by atoms with Crippen LogP contribution in [0.1, 0.15) is 39.4 Å². The van der Waals surface area contributed by atoms with E-state index in [2.05, 4.69) is 47.1 Å². The second-order valence-corrected chi connectivity index (χ2v) is 5.98. The van der Waals surface area contributed by atoms with E-state index in [1.165, 1.54) is 0 Å². The van der Waals surface area contributed by atoms with Crippen LogP contribution in [0.5, 0.6) is 0 Å². The van der Waals surface area contributed by atoms with Crippen LogP contribution in [-0.4, -0.2) is 42.2 Å². The first-order valence-electron chi connectivity index (χ1n) is 7.05. The highest BCUT2D eigenvalue weighted by molar-refractivity contribution is 9.10. The Hall–Kier alpha value is -0.430. The van der Waals surface area contributed by atoms with Crippen molar-refractivity contribution >= 4 is 15.9 Å². The molecule has 1 atom stereocenters. The molecule has 0 radical (unpaired) electrons. The van der Waals surface area contributed by atoms with Gasteiger partial charge in [0.2, 0.25) is 0 Å². The van der Waals surface area contributed by atoms with E-state index in [9.17, 15) is 0 Å². The van der Waals surface area contributed by atoms with Crippen molar-refractivity contribution in [1.82, 2.24) is 15.1 Å². The minimum Gasteiger partial charge on any atom is -0.383 e. The Morgan fingerprint density at radius 3 is 2.70 bits per heavy atom. The molecule has 0 aliphatic rings. The Bertz CT molecular complexity index is 407. The summed E-state index contributed by atoms with van der Waals surface area (Å²) in [6.07, 6.45) is 1.83. The minimum atomic E-state index is -0.321. The first-order chi connectivity index (χ1) is 9.47. The number of ether oxygens (including phenoxy) is 2. The van der Waals surface area contributed by atoms with Crippen LogP contribution in [0.3, 0.4) is 0 Å². The van der Waals surface area contributed by atoms with E-state index in [1.807, 2.05) is 17.8 Å². The Morgan fingerprint density at radius 2 is 2.15 bits per heavy atom. The lowest BCUT2D eigenvalue weighted by Crippen LogP contribution is -2.43. The van der Waals surface area contributed by atoms with Crippen LogP contribution >= 0.6 is 15.9 Å². The summed E-state index contributed by atoms with van der Waals surface area (Å²) in [5.41, 5.74) is 0.778. The van der Waals surface area contributed by atoms with E-state index in [4.69, 9.17) is 9.47 Å². The Morgan fingerprint density at radius 1 is 1.45 bits per heavy atom. The molecular weight excluding hydrogens is 322 g/mol. The maximum Gasteiger partial charge on any atom is 0.0835 e. The molecule has 0 aliphatic heterocycles. The molecule has 1 heterocycles. The second kappa shape index (κ2) is 8.12. The summed E-state index contributed by atoms with van der Waals surface area (Å²) in [5, 5.41) is 7.94. The van der Waals surface area contributed by atoms with Gasteiger partial charge >= 0.3 is 0 Å². The number of aromatic nitrogens is 2. The van der Waals surface area contributed by atoms with Gasteiger partial charge < -0.3 is 14.8 Å². The smallest absolute Gasteiger partial charge is 0.0835 e. The molecule has 0 fully saturated rings. The van der Waals surface area contributed by atoms with E-state index < -0.39 is 0 Å². The zero-order valence-electron chi connectivity index (χ0n) is 13.1. The van der Waals surface area contributed by atoms with E-state index in [-0.39, 0.29) is 11.6 Å². The lowest BCUT2D eigenvalue weighted by Gasteiger charge is -2.35. The normalized spacial score (nSPS) is 13.7. The van der Waals surface area contributed by atoms with Crippen molar-refractivity contribution in [3.05, 3.63) is 16.4 Å². The molecule has 0 spiro atoms. The number of halogens is 1. The summed E-state index contributed by atoms with van der Waals surface area (Å²) in [6, 6.07) is 0.0566. The summed E-state index contributed by atoms with van der Waals surface area (Å²) >= 11 is 3.60. The maximum atomic E-state index is 5.93. The zero-order chi connectivity index (χ0) is 15.2. The van der Waals surface area contributed by atoms with Crippen molar-refractivity contribution in [2.24, 2.45) is 0 Å². The molecule has 0 saturated carbocycles. The van der Waals surface area contributed by atoms with Gasteiger partial charge in [0.1, 0.15) is 0 Å². The SMILES string of the molecule is CCNC(c1c(Br)cnn1CCOC)C(C)(C)OCC. The van der Waals surface area contributed by atoms with Crippen LogP contribution in [0.2, 0.25) is 0 Å². The van der Waals surface area contributed by atoms with E-state index in [0.29, 0.717) is 13.2 Å². The van der Waals surface area contributed by atoms with Crippen LogP contribution < -0.4 is 5.32 Å². The van der Waals surface area contributed by atoms with Crippen LogP contribution in [-0.2, 0) is 16.0 Å². The third-order valence-electron chi connectivity index (χ3n) is 3.23. The van der Waals surface area contributed by atoms with Gasteiger partial charge in [0.05, 0.1) is 41.2 Å². The highest BCUT2D eigenvalue weighted by atomic mass is 79.9. The van der Waals surface area contributed by atoms with Gasteiger partial charge in [-0.25, -0.2) is 0 Å². The van der Waals surface area contributed by atoms with Gasteiger partial charge in [-0.15, -0.1) is 0 Å². The van der Waals surface area contributed by atoms with Crippen LogP contribution in [0.25, 0.3) is 0 Å². The zero-order valence-corrected chi connectivity index (χ0v) is 14.7. The van der Waals surface area contributed by atoms with Crippen LogP contribution in [0, 0.1) is 0 Å². The highest BCUT2D eigenvalue weighted by Crippen LogP contribution is 2.33. The highest BCUT2D eigenvalue weighted by Gasteiger charge is 2.34. The fraction of sp³-hybridized carbons (Fsp3) is 0.786. The van der Waals surface area contributed by atoms with Crippen molar-refractivity contribution in [2.75, 3.05) is 26.9 Å². The molecule has 6 heteroatoms. The second-order valence-electron chi connectivity index (χ2n) is 5.12. The number of hydrogen-bond acceptors (Lipinski definition) is 4. The molecule has 20 heavy (non-hydrogen) atoms. The fourth-order valence-corrected chi connectivity index (χ4v) is 2.87. The molecule has 1 unspecified atom stereocenters. The number of rotatable bonds is 9. The molecule has 1 aromatic heterocycles. The Kier molecular flexibility index (Phi) is 7.15. The van der Waals surface area contributed by atoms with Crippen LogP contribution in [0.4, 0.5) is 0 Å². The molecule has 0 aromatic carbocycles. The molecule has 1 N–H and O–H groups in total. The van der Waals surface area contributed by atoms with Crippen LogP contribution in [0.15, 0.2) is 10.7 Å². The number of methoxy groups -OCH3 is 1. The van der Waals surface area contributed by atoms with Gasteiger partial charge in [-0.2, -0.15) is 5.10 Å². The molecule has 0 saturated heterocycles. The molecule has 0 aliphatic carbocycles. The molecular formula is C14H26BrN3O2. The quantitative estimate of drug-likeness (QED) is 0.746. The monoisotopic (exact) mass is 347 g/mol. The predicted molar refractivity (Wildman–Crippen MR) is 83.9 cm³/mol. The predicted octanol–water partition coefficient (Wildman–Crippen LogP) is 2.76. The number of likely N-dealkylation sites (N-methyl/N-ethyl adjacent to an activating group) is 1. The Balaban J connectivity index is 3.10. The van der Waals surface area contributed by atoms with E-state index in [1.54, 1.807) is 7.11 Å². The maximum absolute atomic E-state index is 5.93. The summed E-state index contributed by atoms with van der Waals surface area (Å²) in [4.78, 5) is 0. The summed E-state index contributed by atoms with van der Waals surface area (Å²) in [7, 11) is 1.70. The van der Waals surface area contributed by atoms with Gasteiger partial charge in [-0.05, 0) is 43.2 Å². The van der Waals surface area contributed by atoms with Crippen molar-refractivity contribution in [1.29, 1.82) is 0 Å². The summed E-state index contributed by atoms with van der Waals surface area (Å²) < 4.78 is 14.0. The molecule has 0 bridgehead atoms. The van der Waals surface area contributed by atoms with E-state index >= 15 is 0 Å². The first-order valence-corrected chi connectivity index (χ1v) is 7.84. The molecule has 1 aromatic rings. The minimum absolute atomic E-state index is 0.0566. The third-order valence-corrected chi connectivity index (χ3v) is 3.84. The van der Waals surface area contributed by atoms with Gasteiger partial charge in [-0.1, -0.05) is 6.92 Å². The average Bonchev–Trinajstić information content (AvgIpc) is 2.74. The van der Waals surface area contributed by atoms with Crippen molar-refractivity contribution in [3.63, 3.8) is 0 Å². The third kappa shape index (κ3) is 4.28. The average molecular weight is 348 g/mol. The molecule has 116 valence electrons. The number of nitrogens with one attached hydrogen (secondary N) is 1. The standard InChI is InChI=1S/C14H26BrN3O2/c1-6-16-13(14(3,4)20-7-2)12-11(15)10-17-18(12)8-9-19-5/h10,13,16H,6-9H2,1-5H3. The fourth-order valence-electron chi connectivity index (χ4n) is 2.35. The topological polar surface area (TPSA) is 48.3 Å². The lowest BCUT2D eigenvalue weighted by molar-refractivity contribution is -0.0412. The lowest BCUT2D eigenvalue weighted by atomic mass is 9.95. The van der Waals surface area contributed by atoms with Gasteiger partial charge in [0, 0.05) is 13.7 Å². The number of nitrogens with zero attached hydrogens (tertiary/aromatic N) is 2. The molecule has 5 nitrogen and oxygen atoms in total. The van der Waals surface area contributed by atoms with E-state index in [0.717, 1.165) is 23.3 Å². The summed E-state index contributed by atoms with van der Waals surface area (Å²) in [5.74, 6) is 0. The summed E-state index contributed by atoms with van der Waals surface area (Å²) in [6.45, 7) is 11.2. The molecule has 0 amide bonds. The Labute approximate surface area is 130 Å². The first kappa shape index (κ1) is 17.6. The van der Waals surface area contributed by atoms with Gasteiger partial charge in [0.15, 0.2) is 0 Å². The van der Waals surface area contributed by atoms with Gasteiger partial charge in [-0.3, -0.25) is 4.68 Å². The largest absolute Gasteiger partial charge is 0.383 e.